The highest BCUT2D eigenvalue weighted by Gasteiger charge is 2.24. The van der Waals surface area contributed by atoms with Crippen LogP contribution in [0.15, 0.2) is 24.3 Å². The maximum atomic E-state index is 11.5. The van der Waals surface area contributed by atoms with Gasteiger partial charge in [0.25, 0.3) is 0 Å². The van der Waals surface area contributed by atoms with E-state index in [0.717, 1.165) is 11.3 Å². The number of nitrogens with one attached hydrogen (secondary N) is 1. The van der Waals surface area contributed by atoms with Crippen LogP contribution in [0.1, 0.15) is 24.8 Å². The molecule has 0 bridgehead atoms. The van der Waals surface area contributed by atoms with Crippen molar-refractivity contribution >= 4 is 10.0 Å². The van der Waals surface area contributed by atoms with Crippen LogP contribution in [-0.4, -0.2) is 27.3 Å². The molecule has 0 saturated heterocycles. The molecular weight excluding hydrogens is 238 g/mol. The highest BCUT2D eigenvalue weighted by Crippen LogP contribution is 2.32. The van der Waals surface area contributed by atoms with Gasteiger partial charge in [-0.25, -0.2) is 13.1 Å². The predicted molar refractivity (Wildman–Crippen MR) is 66.8 cm³/mol. The average molecular weight is 255 g/mol. The lowest BCUT2D eigenvalue weighted by Crippen LogP contribution is -2.30. The zero-order valence-electron chi connectivity index (χ0n) is 9.85. The minimum atomic E-state index is -3.13. The molecule has 1 unspecified atom stereocenters. The lowest BCUT2D eigenvalue weighted by atomic mass is 10.0. The number of ether oxygens (including phenoxy) is 1. The Hall–Kier alpha value is -1.07. The van der Waals surface area contributed by atoms with E-state index in [0.29, 0.717) is 19.6 Å². The first kappa shape index (κ1) is 12.4. The van der Waals surface area contributed by atoms with Crippen molar-refractivity contribution in [2.24, 2.45) is 0 Å². The molecule has 4 nitrogen and oxygen atoms in total. The molecule has 1 heterocycles. The summed E-state index contributed by atoms with van der Waals surface area (Å²) in [5.74, 6) is 1.17. The third-order valence-electron chi connectivity index (χ3n) is 2.82. The van der Waals surface area contributed by atoms with E-state index in [1.807, 2.05) is 31.2 Å². The van der Waals surface area contributed by atoms with Crippen LogP contribution in [0.2, 0.25) is 0 Å². The van der Waals surface area contributed by atoms with Gasteiger partial charge in [-0.1, -0.05) is 25.1 Å². The summed E-state index contributed by atoms with van der Waals surface area (Å²) in [4.78, 5) is 0. The molecule has 0 aliphatic carbocycles. The predicted octanol–water partition coefficient (Wildman–Crippen LogP) is 1.49. The van der Waals surface area contributed by atoms with Gasteiger partial charge in [-0.2, -0.15) is 0 Å². The summed E-state index contributed by atoms with van der Waals surface area (Å²) in [5, 5.41) is 0. The Morgan fingerprint density at radius 1 is 1.41 bits per heavy atom. The molecule has 0 radical (unpaired) electrons. The van der Waals surface area contributed by atoms with E-state index in [-0.39, 0.29) is 11.7 Å². The Labute approximate surface area is 102 Å². The van der Waals surface area contributed by atoms with Crippen molar-refractivity contribution in [1.29, 1.82) is 0 Å². The summed E-state index contributed by atoms with van der Waals surface area (Å²) >= 11 is 0. The fraction of sp³-hybridized carbons (Fsp3) is 0.500. The molecule has 1 aliphatic rings. The molecule has 2 rings (SSSR count). The van der Waals surface area contributed by atoms with Gasteiger partial charge in [0, 0.05) is 18.0 Å². The molecule has 0 saturated carbocycles. The molecule has 0 amide bonds. The molecule has 1 aromatic rings. The molecule has 1 aliphatic heterocycles. The molecule has 17 heavy (non-hydrogen) atoms. The first-order valence-corrected chi connectivity index (χ1v) is 7.46. The smallest absolute Gasteiger partial charge is 0.211 e. The lowest BCUT2D eigenvalue weighted by molar-refractivity contribution is 0.330. The van der Waals surface area contributed by atoms with Crippen LogP contribution in [0.5, 0.6) is 5.75 Å². The van der Waals surface area contributed by atoms with Crippen LogP contribution < -0.4 is 9.46 Å². The van der Waals surface area contributed by atoms with E-state index >= 15 is 0 Å². The highest BCUT2D eigenvalue weighted by atomic mass is 32.2. The third-order valence-corrected chi connectivity index (χ3v) is 4.37. The summed E-state index contributed by atoms with van der Waals surface area (Å²) in [6.45, 7) is 2.82. The van der Waals surface area contributed by atoms with Crippen LogP contribution in [0.3, 0.4) is 0 Å². The molecule has 94 valence electrons. The number of hydrogen-bond acceptors (Lipinski definition) is 3. The van der Waals surface area contributed by atoms with Gasteiger partial charge >= 0.3 is 0 Å². The highest BCUT2D eigenvalue weighted by molar-refractivity contribution is 7.89. The van der Waals surface area contributed by atoms with Crippen molar-refractivity contribution in [3.8, 4) is 5.75 Å². The van der Waals surface area contributed by atoms with Gasteiger partial charge in [0.05, 0.1) is 12.4 Å². The largest absolute Gasteiger partial charge is 0.493 e. The minimum Gasteiger partial charge on any atom is -0.493 e. The maximum Gasteiger partial charge on any atom is 0.211 e. The van der Waals surface area contributed by atoms with Crippen LogP contribution >= 0.6 is 0 Å². The zero-order valence-corrected chi connectivity index (χ0v) is 10.7. The number of para-hydroxylation sites is 1. The molecule has 5 heteroatoms. The Kier molecular flexibility index (Phi) is 3.69. The summed E-state index contributed by atoms with van der Waals surface area (Å²) in [6.07, 6.45) is 0.632. The fourth-order valence-corrected chi connectivity index (χ4v) is 3.10. The van der Waals surface area contributed by atoms with E-state index in [1.165, 1.54) is 0 Å². The maximum absolute atomic E-state index is 11.5. The van der Waals surface area contributed by atoms with Crippen molar-refractivity contribution in [2.45, 2.75) is 19.3 Å². The summed E-state index contributed by atoms with van der Waals surface area (Å²) in [5.41, 5.74) is 1.09. The van der Waals surface area contributed by atoms with Gasteiger partial charge in [-0.15, -0.1) is 0 Å². The molecule has 0 aromatic heterocycles. The standard InChI is InChI=1S/C12H17NO3S/c1-2-7-17(14,15)13-8-10-9-16-12-6-4-3-5-11(10)12/h3-6,10,13H,2,7-9H2,1H3. The van der Waals surface area contributed by atoms with Crippen molar-refractivity contribution in [2.75, 3.05) is 18.9 Å². The van der Waals surface area contributed by atoms with Crippen LogP contribution in [0.25, 0.3) is 0 Å². The van der Waals surface area contributed by atoms with Gasteiger partial charge in [0.15, 0.2) is 0 Å². The van der Waals surface area contributed by atoms with Crippen LogP contribution in [-0.2, 0) is 10.0 Å². The molecule has 1 aromatic carbocycles. The monoisotopic (exact) mass is 255 g/mol. The Balaban J connectivity index is 1.99. The Morgan fingerprint density at radius 2 is 2.18 bits per heavy atom. The normalized spacial score (nSPS) is 18.8. The van der Waals surface area contributed by atoms with Gasteiger partial charge in [0.2, 0.25) is 10.0 Å². The van der Waals surface area contributed by atoms with Crippen LogP contribution in [0.4, 0.5) is 0 Å². The number of sulfonamides is 1. The summed E-state index contributed by atoms with van der Waals surface area (Å²) in [6, 6.07) is 7.76. The number of fused-ring (bicyclic) bond motifs is 1. The second-order valence-electron chi connectivity index (χ2n) is 4.21. The number of rotatable bonds is 5. The topological polar surface area (TPSA) is 55.4 Å². The number of hydrogen-bond donors (Lipinski definition) is 1. The summed E-state index contributed by atoms with van der Waals surface area (Å²) in [7, 11) is -3.13. The van der Waals surface area contributed by atoms with Crippen LogP contribution in [0, 0.1) is 0 Å². The molecular formula is C12H17NO3S. The molecule has 1 N–H and O–H groups in total. The van der Waals surface area contributed by atoms with E-state index in [9.17, 15) is 8.42 Å². The first-order valence-electron chi connectivity index (χ1n) is 5.81. The molecule has 1 atom stereocenters. The van der Waals surface area contributed by atoms with Crippen molar-refractivity contribution in [3.63, 3.8) is 0 Å². The fourth-order valence-electron chi connectivity index (χ4n) is 1.97. The quantitative estimate of drug-likeness (QED) is 0.867. The van der Waals surface area contributed by atoms with Crippen molar-refractivity contribution in [1.82, 2.24) is 4.72 Å². The van der Waals surface area contributed by atoms with Gasteiger partial charge < -0.3 is 4.74 Å². The number of benzene rings is 1. The van der Waals surface area contributed by atoms with E-state index in [1.54, 1.807) is 0 Å². The average Bonchev–Trinajstić information content (AvgIpc) is 2.70. The second kappa shape index (κ2) is 5.06. The lowest BCUT2D eigenvalue weighted by Gasteiger charge is -2.10. The van der Waals surface area contributed by atoms with E-state index in [2.05, 4.69) is 4.72 Å². The van der Waals surface area contributed by atoms with Gasteiger partial charge in [-0.05, 0) is 12.5 Å². The van der Waals surface area contributed by atoms with E-state index < -0.39 is 10.0 Å². The second-order valence-corrected chi connectivity index (χ2v) is 6.14. The zero-order chi connectivity index (χ0) is 12.3. The SMILES string of the molecule is CCCS(=O)(=O)NCC1COc2ccccc21. The van der Waals surface area contributed by atoms with Crippen molar-refractivity contribution < 1.29 is 13.2 Å². The molecule has 0 spiro atoms. The van der Waals surface area contributed by atoms with Crippen molar-refractivity contribution in [3.05, 3.63) is 29.8 Å². The first-order chi connectivity index (χ1) is 8.12. The molecule has 0 fully saturated rings. The Bertz CT molecular complexity index is 484. The van der Waals surface area contributed by atoms with E-state index in [4.69, 9.17) is 4.74 Å². The van der Waals surface area contributed by atoms with Gasteiger partial charge in [-0.3, -0.25) is 0 Å². The van der Waals surface area contributed by atoms with Gasteiger partial charge in [0.1, 0.15) is 5.75 Å². The Morgan fingerprint density at radius 3 is 2.94 bits per heavy atom. The third kappa shape index (κ3) is 2.98. The summed E-state index contributed by atoms with van der Waals surface area (Å²) < 4.78 is 31.2. The minimum absolute atomic E-state index is 0.123.